The molecule has 32 valence electrons. The van der Waals surface area contributed by atoms with E-state index >= 15 is 0 Å². The van der Waals surface area contributed by atoms with Crippen LogP contribution in [0.3, 0.4) is 0 Å². The van der Waals surface area contributed by atoms with E-state index in [-0.39, 0.29) is 11.9 Å². The fourth-order valence-corrected chi connectivity index (χ4v) is 0.234. The van der Waals surface area contributed by atoms with Gasteiger partial charge in [-0.05, 0) is 0 Å². The minimum absolute atomic E-state index is 0.102. The monoisotopic (exact) mass is 85.0 g/mol. The molecule has 0 aromatic carbocycles. The molecular formula is C4H5O2+. The Morgan fingerprint density at radius 1 is 2.00 bits per heavy atom. The molecule has 1 rings (SSSR count). The van der Waals surface area contributed by atoms with Gasteiger partial charge < -0.3 is 4.74 Å². The number of hydrogen-bond donors (Lipinski definition) is 0. The highest BCUT2D eigenvalue weighted by Crippen LogP contribution is 2.07. The first kappa shape index (κ1) is 3.68. The van der Waals surface area contributed by atoms with E-state index in [4.69, 9.17) is 0 Å². The molecule has 1 fully saturated rings. The lowest BCUT2D eigenvalue weighted by molar-refractivity contribution is -0.115. The maximum Gasteiger partial charge on any atom is 0.334 e. The molecule has 0 aromatic heterocycles. The van der Waals surface area contributed by atoms with Gasteiger partial charge in [-0.2, -0.15) is 0 Å². The average molecular weight is 85.1 g/mol. The van der Waals surface area contributed by atoms with E-state index in [1.807, 2.05) is 0 Å². The predicted octanol–water partition coefficient (Wildman–Crippen LogP) is -0.212. The first-order valence-corrected chi connectivity index (χ1v) is 1.78. The van der Waals surface area contributed by atoms with E-state index < -0.39 is 0 Å². The molecule has 1 aliphatic heterocycles. The highest BCUT2D eigenvalue weighted by molar-refractivity contribution is 5.88. The molecule has 1 heterocycles. The van der Waals surface area contributed by atoms with E-state index in [0.717, 1.165) is 0 Å². The van der Waals surface area contributed by atoms with Crippen LogP contribution in [-0.2, 0) is 9.53 Å². The number of hydrogen-bond acceptors (Lipinski definition) is 2. The molecule has 0 aromatic rings. The van der Waals surface area contributed by atoms with Crippen molar-refractivity contribution in [2.24, 2.45) is 0 Å². The standard InChI is InChI=1S/C4H5O2/c1-3(5)4-2-6-4/h4H,1-2H2/q+1. The van der Waals surface area contributed by atoms with Gasteiger partial charge in [0.2, 0.25) is 0 Å². The van der Waals surface area contributed by atoms with Crippen LogP contribution in [0.1, 0.15) is 0 Å². The number of rotatable bonds is 1. The summed E-state index contributed by atoms with van der Waals surface area (Å²) in [5.74, 6) is -0.102. The van der Waals surface area contributed by atoms with Gasteiger partial charge >= 0.3 is 5.78 Å². The second-order valence-corrected chi connectivity index (χ2v) is 1.29. The van der Waals surface area contributed by atoms with Crippen LogP contribution in [0, 0.1) is 6.92 Å². The Morgan fingerprint density at radius 3 is 2.50 bits per heavy atom. The Balaban J connectivity index is 2.31. The second-order valence-electron chi connectivity index (χ2n) is 1.29. The summed E-state index contributed by atoms with van der Waals surface area (Å²) in [5, 5.41) is 0. The molecule has 2 heteroatoms. The molecule has 0 N–H and O–H groups in total. The Kier molecular flexibility index (Phi) is 0.601. The number of ketones is 1. The molecule has 0 saturated carbocycles. The van der Waals surface area contributed by atoms with Crippen LogP contribution in [-0.4, -0.2) is 18.5 Å². The highest BCUT2D eigenvalue weighted by atomic mass is 16.6. The van der Waals surface area contributed by atoms with Crippen molar-refractivity contribution in [1.82, 2.24) is 0 Å². The van der Waals surface area contributed by atoms with Crippen LogP contribution < -0.4 is 0 Å². The molecular weight excluding hydrogens is 80.0 g/mol. The molecule has 0 spiro atoms. The smallest absolute Gasteiger partial charge is 0.334 e. The van der Waals surface area contributed by atoms with E-state index in [9.17, 15) is 4.79 Å². The largest absolute Gasteiger partial charge is 0.360 e. The maximum atomic E-state index is 9.97. The molecule has 0 bridgehead atoms. The van der Waals surface area contributed by atoms with Crippen LogP contribution in [0.5, 0.6) is 0 Å². The molecule has 2 nitrogen and oxygen atoms in total. The third-order valence-electron chi connectivity index (χ3n) is 0.692. The van der Waals surface area contributed by atoms with Gasteiger partial charge in [-0.15, -0.1) is 0 Å². The molecule has 0 aliphatic carbocycles. The number of ether oxygens (including phenoxy) is 1. The van der Waals surface area contributed by atoms with E-state index in [1.165, 1.54) is 0 Å². The third-order valence-corrected chi connectivity index (χ3v) is 0.692. The van der Waals surface area contributed by atoms with Crippen molar-refractivity contribution >= 4 is 5.78 Å². The summed E-state index contributed by atoms with van der Waals surface area (Å²) in [4.78, 5) is 9.97. The predicted molar refractivity (Wildman–Crippen MR) is 20.1 cm³/mol. The van der Waals surface area contributed by atoms with Gasteiger partial charge in [0.1, 0.15) is 6.92 Å². The van der Waals surface area contributed by atoms with Crippen LogP contribution in [0.2, 0.25) is 0 Å². The molecule has 1 saturated heterocycles. The van der Waals surface area contributed by atoms with Crippen molar-refractivity contribution < 1.29 is 9.53 Å². The normalized spacial score (nSPS) is 29.7. The van der Waals surface area contributed by atoms with Crippen LogP contribution >= 0.6 is 0 Å². The fraction of sp³-hybridized carbons (Fsp3) is 0.500. The van der Waals surface area contributed by atoms with E-state index in [2.05, 4.69) is 11.7 Å². The number of carbonyl (C=O) groups is 1. The SMILES string of the molecule is [CH2+]C(=O)C1CO1. The molecule has 1 unspecified atom stereocenters. The topological polar surface area (TPSA) is 29.6 Å². The van der Waals surface area contributed by atoms with Gasteiger partial charge in [0.15, 0.2) is 6.10 Å². The van der Waals surface area contributed by atoms with Gasteiger partial charge in [0.25, 0.3) is 0 Å². The summed E-state index contributed by atoms with van der Waals surface area (Å²) >= 11 is 0. The summed E-state index contributed by atoms with van der Waals surface area (Å²) < 4.78 is 4.56. The Hall–Kier alpha value is -0.500. The first-order chi connectivity index (χ1) is 2.80. The van der Waals surface area contributed by atoms with Crippen LogP contribution in [0.4, 0.5) is 0 Å². The Labute approximate surface area is 36.1 Å². The van der Waals surface area contributed by atoms with Crippen LogP contribution in [0.25, 0.3) is 0 Å². The van der Waals surface area contributed by atoms with Crippen molar-refractivity contribution in [2.75, 3.05) is 6.61 Å². The van der Waals surface area contributed by atoms with Gasteiger partial charge in [-0.1, -0.05) is 0 Å². The van der Waals surface area contributed by atoms with Gasteiger partial charge in [-0.3, -0.25) is 0 Å². The van der Waals surface area contributed by atoms with Gasteiger partial charge in [0, 0.05) is 0 Å². The van der Waals surface area contributed by atoms with Crippen molar-refractivity contribution in [3.8, 4) is 0 Å². The second kappa shape index (κ2) is 0.980. The lowest BCUT2D eigenvalue weighted by Crippen LogP contribution is -1.98. The minimum Gasteiger partial charge on any atom is -0.360 e. The lowest BCUT2D eigenvalue weighted by atomic mass is 10.3. The summed E-state index contributed by atoms with van der Waals surface area (Å²) in [6, 6.07) is 0. The molecule has 1 aliphatic rings. The summed E-state index contributed by atoms with van der Waals surface area (Å²) in [5.41, 5.74) is 0. The van der Waals surface area contributed by atoms with Gasteiger partial charge in [-0.25, -0.2) is 4.79 Å². The van der Waals surface area contributed by atoms with Crippen molar-refractivity contribution in [2.45, 2.75) is 6.10 Å². The van der Waals surface area contributed by atoms with Crippen molar-refractivity contribution in [3.63, 3.8) is 0 Å². The summed E-state index contributed by atoms with van der Waals surface area (Å²) in [6.07, 6.45) is -0.148. The maximum absolute atomic E-state index is 9.97. The number of epoxide rings is 1. The van der Waals surface area contributed by atoms with Crippen molar-refractivity contribution in [1.29, 1.82) is 0 Å². The third kappa shape index (κ3) is 0.518. The lowest BCUT2D eigenvalue weighted by Gasteiger charge is -1.62. The fourth-order valence-electron chi connectivity index (χ4n) is 0.234. The number of carbonyl (C=O) groups excluding carboxylic acids is 1. The average Bonchev–Trinajstić information content (AvgIpc) is 2.06. The van der Waals surface area contributed by atoms with E-state index in [0.29, 0.717) is 6.61 Å². The zero-order chi connectivity index (χ0) is 4.57. The van der Waals surface area contributed by atoms with Gasteiger partial charge in [0.05, 0.1) is 6.61 Å². The molecule has 1 atom stereocenters. The molecule has 6 heavy (non-hydrogen) atoms. The Bertz CT molecular complexity index is 73.6. The molecule has 0 radical (unpaired) electrons. The number of Topliss-reactive ketones (excluding diaryl/α,β-unsaturated/α-hetero) is 1. The minimum atomic E-state index is -0.148. The zero-order valence-electron chi connectivity index (χ0n) is 3.31. The van der Waals surface area contributed by atoms with Crippen molar-refractivity contribution in [3.05, 3.63) is 6.92 Å². The first-order valence-electron chi connectivity index (χ1n) is 1.78. The summed E-state index contributed by atoms with van der Waals surface area (Å²) in [7, 11) is 0. The molecule has 0 amide bonds. The zero-order valence-corrected chi connectivity index (χ0v) is 3.31. The Morgan fingerprint density at radius 2 is 2.50 bits per heavy atom. The van der Waals surface area contributed by atoms with E-state index in [1.54, 1.807) is 0 Å². The quantitative estimate of drug-likeness (QED) is 0.325. The summed E-state index contributed by atoms with van der Waals surface area (Å²) in [6.45, 7) is 3.72. The highest BCUT2D eigenvalue weighted by Gasteiger charge is 2.32. The van der Waals surface area contributed by atoms with Crippen LogP contribution in [0.15, 0.2) is 0 Å².